The van der Waals surface area contributed by atoms with Crippen LogP contribution in [0, 0.1) is 5.92 Å². The zero-order valence-corrected chi connectivity index (χ0v) is 34.6. The predicted molar refractivity (Wildman–Crippen MR) is 220 cm³/mol. The van der Waals surface area contributed by atoms with Crippen LogP contribution in [0.5, 0.6) is 5.75 Å². The number of halogens is 1. The van der Waals surface area contributed by atoms with Crippen molar-refractivity contribution in [1.82, 2.24) is 4.90 Å². The number of carbonyl (C=O) groups excluding carboxylic acids is 4. The SMILES string of the molecule is COc1ccc([Si](C)(C)[C@H]2[C@H](CC(=O)N(CCO)Cc3ccccc3)O[C@@]3(C(=O)N(Cc4ccc(N5C(=O)CC5OC(C)=O)cc4)c4ccc(Cl)cc43)[C@@H]2C)cc1. The lowest BCUT2D eigenvalue weighted by molar-refractivity contribution is -0.154. The van der Waals surface area contributed by atoms with Gasteiger partial charge in [-0.25, -0.2) is 0 Å². The Bertz CT molecular complexity index is 2150. The van der Waals surface area contributed by atoms with Crippen molar-refractivity contribution in [2.75, 3.05) is 30.1 Å². The molecule has 11 nitrogen and oxygen atoms in total. The zero-order valence-electron chi connectivity index (χ0n) is 32.8. The second-order valence-corrected chi connectivity index (χ2v) is 20.8. The monoisotopic (exact) mass is 809 g/mol. The highest BCUT2D eigenvalue weighted by atomic mass is 35.5. The lowest BCUT2D eigenvalue weighted by Crippen LogP contribution is -2.54. The Hall–Kier alpha value is -5.01. The fourth-order valence-corrected chi connectivity index (χ4v) is 13.3. The van der Waals surface area contributed by atoms with E-state index in [1.807, 2.05) is 66.7 Å². The molecule has 2 saturated heterocycles. The van der Waals surface area contributed by atoms with Gasteiger partial charge in [-0.1, -0.05) is 91.4 Å². The summed E-state index contributed by atoms with van der Waals surface area (Å²) in [6, 6.07) is 30.4. The highest BCUT2D eigenvalue weighted by Crippen LogP contribution is 2.60. The Balaban J connectivity index is 1.24. The molecule has 3 aliphatic rings. The van der Waals surface area contributed by atoms with Crippen LogP contribution in [-0.2, 0) is 47.3 Å². The molecule has 7 rings (SSSR count). The van der Waals surface area contributed by atoms with Gasteiger partial charge in [-0.05, 0) is 59.1 Å². The van der Waals surface area contributed by atoms with Crippen LogP contribution in [0.15, 0.2) is 97.1 Å². The van der Waals surface area contributed by atoms with Crippen LogP contribution in [0.1, 0.15) is 43.4 Å². The number of hydrogen-bond acceptors (Lipinski definition) is 8. The number of nitrogens with zero attached hydrogens (tertiary/aromatic N) is 3. The van der Waals surface area contributed by atoms with E-state index in [4.69, 9.17) is 25.8 Å². The molecule has 3 aliphatic heterocycles. The minimum Gasteiger partial charge on any atom is -0.497 e. The van der Waals surface area contributed by atoms with Gasteiger partial charge in [-0.15, -0.1) is 0 Å². The molecule has 298 valence electrons. The smallest absolute Gasteiger partial charge is 0.304 e. The van der Waals surface area contributed by atoms with Gasteiger partial charge in [0, 0.05) is 42.2 Å². The van der Waals surface area contributed by atoms with E-state index in [1.165, 1.54) is 11.8 Å². The second kappa shape index (κ2) is 16.1. The Labute approximate surface area is 339 Å². The van der Waals surface area contributed by atoms with Crippen molar-refractivity contribution in [3.63, 3.8) is 0 Å². The third-order valence-electron chi connectivity index (χ3n) is 11.9. The second-order valence-electron chi connectivity index (χ2n) is 15.6. The molecule has 1 spiro atoms. The van der Waals surface area contributed by atoms with E-state index in [9.17, 15) is 19.5 Å². The first-order chi connectivity index (χ1) is 27.3. The van der Waals surface area contributed by atoms with E-state index in [0.717, 1.165) is 22.1 Å². The molecule has 3 heterocycles. The maximum atomic E-state index is 15.3. The fourth-order valence-electron chi connectivity index (χ4n) is 9.09. The molecule has 0 aromatic heterocycles. The summed E-state index contributed by atoms with van der Waals surface area (Å²) in [5.41, 5.74) is 2.05. The van der Waals surface area contributed by atoms with Gasteiger partial charge in [0.05, 0.1) is 53.0 Å². The summed E-state index contributed by atoms with van der Waals surface area (Å²) in [5.74, 6) is -0.644. The number of fused-ring (bicyclic) bond motifs is 2. The number of methoxy groups -OCH3 is 1. The van der Waals surface area contributed by atoms with E-state index >= 15 is 4.79 Å². The number of amides is 3. The molecule has 4 aromatic rings. The number of benzene rings is 4. The number of anilines is 2. The molecule has 1 unspecified atom stereocenters. The highest BCUT2D eigenvalue weighted by molar-refractivity contribution is 6.91. The highest BCUT2D eigenvalue weighted by Gasteiger charge is 2.66. The lowest BCUT2D eigenvalue weighted by Gasteiger charge is -2.39. The molecule has 0 saturated carbocycles. The molecule has 5 atom stereocenters. The van der Waals surface area contributed by atoms with Crippen molar-refractivity contribution in [1.29, 1.82) is 0 Å². The van der Waals surface area contributed by atoms with Gasteiger partial charge in [0.25, 0.3) is 5.91 Å². The molecule has 4 aromatic carbocycles. The minimum atomic E-state index is -2.56. The van der Waals surface area contributed by atoms with E-state index in [-0.39, 0.29) is 61.7 Å². The third kappa shape index (κ3) is 7.47. The molecule has 2 fully saturated rings. The average molecular weight is 810 g/mol. The van der Waals surface area contributed by atoms with Crippen LogP contribution >= 0.6 is 11.6 Å². The van der Waals surface area contributed by atoms with Crippen molar-refractivity contribution >= 4 is 59.9 Å². The quantitative estimate of drug-likeness (QED) is 0.0970. The normalized spacial score (nSPS) is 22.7. The number of carbonyl (C=O) groups is 4. The number of aliphatic hydroxyl groups is 1. The van der Waals surface area contributed by atoms with Crippen LogP contribution in [0.2, 0.25) is 23.7 Å². The predicted octanol–water partition coefficient (Wildman–Crippen LogP) is 6.15. The Morgan fingerprint density at radius 1 is 0.982 bits per heavy atom. The molecular weight excluding hydrogens is 762 g/mol. The number of aliphatic hydroxyl groups excluding tert-OH is 1. The average Bonchev–Trinajstić information content (AvgIpc) is 3.60. The van der Waals surface area contributed by atoms with E-state index in [2.05, 4.69) is 32.2 Å². The summed E-state index contributed by atoms with van der Waals surface area (Å²) >= 11 is 6.70. The first kappa shape index (κ1) is 40.2. The topological polar surface area (TPSA) is 126 Å². The summed E-state index contributed by atoms with van der Waals surface area (Å²) in [6.07, 6.45) is -1.14. The van der Waals surface area contributed by atoms with Gasteiger partial charge in [-0.2, -0.15) is 0 Å². The van der Waals surface area contributed by atoms with E-state index < -0.39 is 32.0 Å². The fraction of sp³-hybridized carbons (Fsp3) is 0.364. The van der Waals surface area contributed by atoms with Crippen LogP contribution in [0.4, 0.5) is 11.4 Å². The Morgan fingerprint density at radius 2 is 1.68 bits per heavy atom. The maximum Gasteiger partial charge on any atom is 0.304 e. The van der Waals surface area contributed by atoms with Gasteiger partial charge < -0.3 is 29.1 Å². The van der Waals surface area contributed by atoms with Gasteiger partial charge in [0.2, 0.25) is 11.8 Å². The zero-order chi connectivity index (χ0) is 40.6. The molecule has 57 heavy (non-hydrogen) atoms. The van der Waals surface area contributed by atoms with Gasteiger partial charge in [0.15, 0.2) is 11.8 Å². The summed E-state index contributed by atoms with van der Waals surface area (Å²) in [6.45, 7) is 8.40. The molecule has 13 heteroatoms. The van der Waals surface area contributed by atoms with Crippen molar-refractivity contribution < 1.29 is 38.5 Å². The summed E-state index contributed by atoms with van der Waals surface area (Å²) in [7, 11) is -0.930. The van der Waals surface area contributed by atoms with Crippen molar-refractivity contribution in [3.8, 4) is 5.75 Å². The van der Waals surface area contributed by atoms with Crippen LogP contribution < -0.4 is 19.7 Å². The van der Waals surface area contributed by atoms with Crippen LogP contribution in [0.3, 0.4) is 0 Å². The molecule has 0 aliphatic carbocycles. The summed E-state index contributed by atoms with van der Waals surface area (Å²) in [5, 5.41) is 11.6. The van der Waals surface area contributed by atoms with E-state index in [1.54, 1.807) is 35.1 Å². The number of hydrogen-bond donors (Lipinski definition) is 1. The Kier molecular flexibility index (Phi) is 11.3. The molecule has 1 N–H and O–H groups in total. The number of ether oxygens (including phenoxy) is 3. The van der Waals surface area contributed by atoms with Crippen molar-refractivity contribution in [3.05, 3.63) is 119 Å². The number of rotatable bonds is 13. The number of esters is 1. The maximum absolute atomic E-state index is 15.3. The molecular formula is C44H48ClN3O8Si. The lowest BCUT2D eigenvalue weighted by atomic mass is 9.82. The van der Waals surface area contributed by atoms with Crippen molar-refractivity contribution in [2.45, 2.75) is 76.3 Å². The standard InChI is InChI=1S/C44H48ClN3O8Si/c1-28-42(57(4,5)35-18-16-34(54-3)17-19-35)38(24-39(51)46(21-22-49)26-30-9-7-6-8-10-30)56-44(28)36-23-32(45)13-20-37(36)47(43(44)53)27-31-11-14-33(15-12-31)48-40(52)25-41(48)55-29(2)50/h6-20,23,28,38,41-42,49H,21-22,24-27H2,1-5H3/t28-,38+,41?,42-,44+/m1/s1. The first-order valence-corrected chi connectivity index (χ1v) is 22.7. The molecule has 0 radical (unpaired) electrons. The van der Waals surface area contributed by atoms with Crippen molar-refractivity contribution in [2.24, 2.45) is 5.92 Å². The van der Waals surface area contributed by atoms with Gasteiger partial charge in [0.1, 0.15) is 5.75 Å². The van der Waals surface area contributed by atoms with Gasteiger partial charge in [-0.3, -0.25) is 24.1 Å². The summed E-state index contributed by atoms with van der Waals surface area (Å²) < 4.78 is 18.0. The molecule has 0 bridgehead atoms. The molecule has 3 amide bonds. The Morgan fingerprint density at radius 3 is 2.32 bits per heavy atom. The first-order valence-electron chi connectivity index (χ1n) is 19.2. The summed E-state index contributed by atoms with van der Waals surface area (Å²) in [4.78, 5) is 58.5. The largest absolute Gasteiger partial charge is 0.497 e. The number of β-lactam (4-membered cyclic amide) rings is 1. The van der Waals surface area contributed by atoms with Gasteiger partial charge >= 0.3 is 5.97 Å². The third-order valence-corrected chi connectivity index (χ3v) is 16.5. The van der Waals surface area contributed by atoms with Crippen LogP contribution in [0.25, 0.3) is 0 Å². The van der Waals surface area contributed by atoms with E-state index in [0.29, 0.717) is 28.5 Å². The minimum absolute atomic E-state index is 0.0182. The van der Waals surface area contributed by atoms with Crippen LogP contribution in [-0.4, -0.2) is 74.4 Å².